The van der Waals surface area contributed by atoms with E-state index in [0.717, 1.165) is 15.5 Å². The zero-order valence-corrected chi connectivity index (χ0v) is 17.2. The molecule has 3 rings (SSSR count). The molecule has 2 N–H and O–H groups in total. The Bertz CT molecular complexity index is 930. The van der Waals surface area contributed by atoms with Gasteiger partial charge in [0.15, 0.2) is 5.11 Å². The van der Waals surface area contributed by atoms with Crippen LogP contribution >= 0.6 is 58.8 Å². The van der Waals surface area contributed by atoms with Crippen LogP contribution in [0.15, 0.2) is 76.5 Å². The summed E-state index contributed by atoms with van der Waals surface area (Å²) in [5.41, 5.74) is 1.54. The average molecular weight is 440 g/mol. The molecular formula is C19H13Cl3N2S2. The quantitative estimate of drug-likeness (QED) is 0.408. The molecule has 2 nitrogen and oxygen atoms in total. The van der Waals surface area contributed by atoms with Crippen molar-refractivity contribution in [2.24, 2.45) is 0 Å². The van der Waals surface area contributed by atoms with Crippen molar-refractivity contribution in [1.82, 2.24) is 0 Å². The molecule has 0 amide bonds. The molecule has 0 bridgehead atoms. The molecule has 0 heterocycles. The summed E-state index contributed by atoms with van der Waals surface area (Å²) < 4.78 is 0. The van der Waals surface area contributed by atoms with Gasteiger partial charge in [-0.05, 0) is 66.8 Å². The van der Waals surface area contributed by atoms with E-state index in [2.05, 4.69) is 10.6 Å². The number of benzene rings is 3. The molecule has 0 aliphatic carbocycles. The Morgan fingerprint density at radius 1 is 0.769 bits per heavy atom. The Balaban J connectivity index is 1.74. The molecule has 0 aliphatic rings. The van der Waals surface area contributed by atoms with Crippen molar-refractivity contribution in [1.29, 1.82) is 0 Å². The first kappa shape index (κ1) is 19.3. The lowest BCUT2D eigenvalue weighted by atomic mass is 10.3. The van der Waals surface area contributed by atoms with Crippen LogP contribution in [0.5, 0.6) is 0 Å². The smallest absolute Gasteiger partial charge is 0.175 e. The van der Waals surface area contributed by atoms with Gasteiger partial charge in [0, 0.05) is 19.8 Å². The minimum Gasteiger partial charge on any atom is -0.332 e. The van der Waals surface area contributed by atoms with Gasteiger partial charge in [-0.1, -0.05) is 58.7 Å². The van der Waals surface area contributed by atoms with E-state index in [-0.39, 0.29) is 0 Å². The Morgan fingerprint density at radius 2 is 1.42 bits per heavy atom. The number of halogens is 3. The highest BCUT2D eigenvalue weighted by Gasteiger charge is 2.08. The number of hydrogen-bond acceptors (Lipinski definition) is 2. The van der Waals surface area contributed by atoms with Crippen molar-refractivity contribution in [3.05, 3.63) is 81.8 Å². The third-order valence-corrected chi connectivity index (χ3v) is 5.46. The molecule has 0 fully saturated rings. The first-order valence-corrected chi connectivity index (χ1v) is 9.92. The lowest BCUT2D eigenvalue weighted by Crippen LogP contribution is -2.19. The molecule has 0 atom stereocenters. The van der Waals surface area contributed by atoms with Crippen molar-refractivity contribution in [3.63, 3.8) is 0 Å². The van der Waals surface area contributed by atoms with Crippen LogP contribution in [0.25, 0.3) is 0 Å². The zero-order chi connectivity index (χ0) is 18.5. The molecule has 0 spiro atoms. The molecule has 7 heteroatoms. The Kier molecular flexibility index (Phi) is 6.68. The van der Waals surface area contributed by atoms with Gasteiger partial charge in [0.2, 0.25) is 0 Å². The van der Waals surface area contributed by atoms with E-state index in [9.17, 15) is 0 Å². The maximum atomic E-state index is 6.17. The topological polar surface area (TPSA) is 24.1 Å². The molecule has 3 aromatic carbocycles. The summed E-state index contributed by atoms with van der Waals surface area (Å²) in [5.74, 6) is 0. The van der Waals surface area contributed by atoms with Crippen LogP contribution in [0.1, 0.15) is 0 Å². The number of anilines is 2. The van der Waals surface area contributed by atoms with Gasteiger partial charge in [-0.3, -0.25) is 0 Å². The summed E-state index contributed by atoms with van der Waals surface area (Å²) in [7, 11) is 0. The van der Waals surface area contributed by atoms with Crippen LogP contribution in [0.3, 0.4) is 0 Å². The average Bonchev–Trinajstić information content (AvgIpc) is 2.62. The molecule has 0 saturated heterocycles. The van der Waals surface area contributed by atoms with E-state index in [1.165, 1.54) is 0 Å². The van der Waals surface area contributed by atoms with Crippen molar-refractivity contribution in [2.75, 3.05) is 10.6 Å². The van der Waals surface area contributed by atoms with Crippen molar-refractivity contribution >= 4 is 75.3 Å². The van der Waals surface area contributed by atoms with Crippen LogP contribution in [0.2, 0.25) is 15.1 Å². The first-order chi connectivity index (χ1) is 12.5. The first-order valence-electron chi connectivity index (χ1n) is 7.57. The fourth-order valence-corrected chi connectivity index (χ4v) is 3.74. The highest BCUT2D eigenvalue weighted by atomic mass is 35.5. The SMILES string of the molecule is S=C(Nc1cc(Cl)ccc1Cl)Nc1ccccc1Sc1ccc(Cl)cc1. The number of nitrogens with one attached hydrogen (secondary N) is 2. The van der Waals surface area contributed by atoms with E-state index in [1.54, 1.807) is 30.0 Å². The second kappa shape index (κ2) is 8.98. The molecule has 0 saturated carbocycles. The maximum absolute atomic E-state index is 6.17. The second-order valence-corrected chi connectivity index (χ2v) is 8.06. The molecule has 0 unspecified atom stereocenters. The van der Waals surface area contributed by atoms with Crippen LogP contribution in [-0.2, 0) is 0 Å². The number of thiocarbonyl (C=S) groups is 1. The van der Waals surface area contributed by atoms with Crippen LogP contribution in [-0.4, -0.2) is 5.11 Å². The van der Waals surface area contributed by atoms with Gasteiger partial charge in [0.25, 0.3) is 0 Å². The van der Waals surface area contributed by atoms with Crippen molar-refractivity contribution in [2.45, 2.75) is 9.79 Å². The van der Waals surface area contributed by atoms with Gasteiger partial charge in [0.05, 0.1) is 16.4 Å². The fraction of sp³-hybridized carbons (Fsp3) is 0. The lowest BCUT2D eigenvalue weighted by Gasteiger charge is -2.15. The minimum absolute atomic E-state index is 0.429. The van der Waals surface area contributed by atoms with Crippen LogP contribution < -0.4 is 10.6 Å². The summed E-state index contributed by atoms with van der Waals surface area (Å²) in [5, 5.41) is 8.55. The summed E-state index contributed by atoms with van der Waals surface area (Å²) in [6, 6.07) is 20.8. The van der Waals surface area contributed by atoms with Crippen LogP contribution in [0, 0.1) is 0 Å². The van der Waals surface area contributed by atoms with Crippen LogP contribution in [0.4, 0.5) is 11.4 Å². The Hall–Kier alpha value is -1.43. The third kappa shape index (κ3) is 5.29. The van der Waals surface area contributed by atoms with Gasteiger partial charge in [-0.15, -0.1) is 0 Å². The highest BCUT2D eigenvalue weighted by molar-refractivity contribution is 7.99. The summed E-state index contributed by atoms with van der Waals surface area (Å²) in [4.78, 5) is 2.12. The van der Waals surface area contributed by atoms with Gasteiger partial charge in [-0.2, -0.15) is 0 Å². The van der Waals surface area contributed by atoms with Gasteiger partial charge < -0.3 is 10.6 Å². The number of rotatable bonds is 4. The van der Waals surface area contributed by atoms with Crippen molar-refractivity contribution < 1.29 is 0 Å². The summed E-state index contributed by atoms with van der Waals surface area (Å²) in [6.07, 6.45) is 0. The molecule has 3 aromatic rings. The van der Waals surface area contributed by atoms with Crippen molar-refractivity contribution in [3.8, 4) is 0 Å². The highest BCUT2D eigenvalue weighted by Crippen LogP contribution is 2.34. The predicted molar refractivity (Wildman–Crippen MR) is 118 cm³/mol. The van der Waals surface area contributed by atoms with E-state index in [4.69, 9.17) is 47.0 Å². The fourth-order valence-electron chi connectivity index (χ4n) is 2.16. The lowest BCUT2D eigenvalue weighted by molar-refractivity contribution is 1.40. The molecule has 0 radical (unpaired) electrons. The largest absolute Gasteiger partial charge is 0.332 e. The van der Waals surface area contributed by atoms with Gasteiger partial charge >= 0.3 is 0 Å². The Labute approximate surface area is 176 Å². The maximum Gasteiger partial charge on any atom is 0.175 e. The normalized spacial score (nSPS) is 10.4. The second-order valence-electron chi connectivity index (χ2n) is 5.26. The molecular weight excluding hydrogens is 427 g/mol. The zero-order valence-electron chi connectivity index (χ0n) is 13.3. The summed E-state index contributed by atoms with van der Waals surface area (Å²) in [6.45, 7) is 0. The van der Waals surface area contributed by atoms with E-state index in [0.29, 0.717) is 25.9 Å². The third-order valence-electron chi connectivity index (χ3n) is 3.35. The molecule has 0 aromatic heterocycles. The monoisotopic (exact) mass is 438 g/mol. The molecule has 0 aliphatic heterocycles. The number of hydrogen-bond donors (Lipinski definition) is 2. The van der Waals surface area contributed by atoms with E-state index >= 15 is 0 Å². The number of para-hydroxylation sites is 1. The molecule has 26 heavy (non-hydrogen) atoms. The standard InChI is InChI=1S/C19H13Cl3N2S2/c20-12-5-8-14(9-6-12)26-18-4-2-1-3-16(18)23-19(25)24-17-11-13(21)7-10-15(17)22/h1-11H,(H2,23,24,25). The van der Waals surface area contributed by atoms with Gasteiger partial charge in [-0.25, -0.2) is 0 Å². The van der Waals surface area contributed by atoms with E-state index in [1.807, 2.05) is 48.5 Å². The summed E-state index contributed by atoms with van der Waals surface area (Å²) >= 11 is 25.2. The van der Waals surface area contributed by atoms with E-state index < -0.39 is 0 Å². The molecule has 132 valence electrons. The Morgan fingerprint density at radius 3 is 2.19 bits per heavy atom. The minimum atomic E-state index is 0.429. The predicted octanol–water partition coefficient (Wildman–Crippen LogP) is 7.61. The van der Waals surface area contributed by atoms with Gasteiger partial charge in [0.1, 0.15) is 0 Å².